The fourth-order valence-electron chi connectivity index (χ4n) is 4.27. The van der Waals surface area contributed by atoms with Crippen LogP contribution in [0.4, 0.5) is 0 Å². The van der Waals surface area contributed by atoms with Gasteiger partial charge in [0.15, 0.2) is 25.0 Å². The summed E-state index contributed by atoms with van der Waals surface area (Å²) in [4.78, 5) is 24.9. The lowest BCUT2D eigenvalue weighted by Gasteiger charge is -2.42. The van der Waals surface area contributed by atoms with Crippen LogP contribution in [0, 0.1) is 5.92 Å². The van der Waals surface area contributed by atoms with Gasteiger partial charge in [-0.3, -0.25) is 9.59 Å². The predicted octanol–water partition coefficient (Wildman–Crippen LogP) is 10.1. The van der Waals surface area contributed by atoms with Gasteiger partial charge in [0, 0.05) is 6.42 Å². The molecule has 0 aromatic rings. The van der Waals surface area contributed by atoms with E-state index in [2.05, 4.69) is 133 Å². The summed E-state index contributed by atoms with van der Waals surface area (Å²) in [6.07, 6.45) is 13.7. The molecule has 4 atom stereocenters. The van der Waals surface area contributed by atoms with Gasteiger partial charge < -0.3 is 23.1 Å². The summed E-state index contributed by atoms with van der Waals surface area (Å²) in [6, 6.07) is 0. The molecule has 0 unspecified atom stereocenters. The Kier molecular flexibility index (Phi) is 19.0. The molecule has 0 saturated heterocycles. The highest BCUT2D eigenvalue weighted by Crippen LogP contribution is 2.41. The topological polar surface area (TPSA) is 91.3 Å². The van der Waals surface area contributed by atoms with E-state index < -0.39 is 30.9 Å². The van der Waals surface area contributed by atoms with Gasteiger partial charge in [-0.15, -0.1) is 0 Å². The van der Waals surface area contributed by atoms with Crippen LogP contribution in [0.15, 0.2) is 36.5 Å². The standard InChI is InChI=1S/C38H74O7Si3/c1-30(23-21-22-26-39)34(45-48(16,17)38(8,9)10)25-20-18-19-24-32(43-46(12,13)36(2,3)4)29-33(27-31(40)28-35(41)42-11)44-47(14,15)37(5,6)7/h18-22,25,30,32-34,39H,23-24,26-29H2,1-17H3/b19-18+,22-21+,25-20-/t30-,32+,33-,34+/m1/s1. The number of carbonyl (C=O) groups is 2. The number of ether oxygens (including phenoxy) is 1. The van der Waals surface area contributed by atoms with Gasteiger partial charge in [0.2, 0.25) is 0 Å². The minimum atomic E-state index is -2.23. The number of aliphatic hydroxyl groups is 1. The Morgan fingerprint density at radius 2 is 1.17 bits per heavy atom. The maximum absolute atomic E-state index is 13.0. The van der Waals surface area contributed by atoms with Gasteiger partial charge in [0.05, 0.1) is 32.0 Å². The number of hydrogen-bond acceptors (Lipinski definition) is 7. The first-order chi connectivity index (χ1) is 21.6. The maximum atomic E-state index is 13.0. The molecule has 0 rings (SSSR count). The maximum Gasteiger partial charge on any atom is 0.313 e. The summed E-state index contributed by atoms with van der Waals surface area (Å²) in [7, 11) is -5.10. The van der Waals surface area contributed by atoms with Gasteiger partial charge in [0.1, 0.15) is 12.2 Å². The van der Waals surface area contributed by atoms with Gasteiger partial charge in [-0.1, -0.05) is 106 Å². The van der Waals surface area contributed by atoms with E-state index in [0.29, 0.717) is 12.8 Å². The third-order valence-corrected chi connectivity index (χ3v) is 24.2. The first kappa shape index (κ1) is 46.9. The Morgan fingerprint density at radius 3 is 1.62 bits per heavy atom. The van der Waals surface area contributed by atoms with Crippen molar-refractivity contribution in [1.82, 2.24) is 0 Å². The second-order valence-electron chi connectivity index (χ2n) is 18.0. The van der Waals surface area contributed by atoms with Crippen molar-refractivity contribution in [2.75, 3.05) is 13.7 Å². The molecule has 0 saturated carbocycles. The number of allylic oxidation sites excluding steroid dienone is 3. The largest absolute Gasteiger partial charge is 0.469 e. The van der Waals surface area contributed by atoms with Gasteiger partial charge in [-0.25, -0.2) is 0 Å². The molecule has 0 aromatic carbocycles. The highest BCUT2D eigenvalue weighted by Gasteiger charge is 2.43. The van der Waals surface area contributed by atoms with Crippen LogP contribution >= 0.6 is 0 Å². The van der Waals surface area contributed by atoms with Gasteiger partial charge in [-0.2, -0.15) is 0 Å². The molecule has 0 aliphatic heterocycles. The van der Waals surface area contributed by atoms with Crippen LogP contribution in [-0.2, 0) is 27.6 Å². The molecule has 280 valence electrons. The SMILES string of the molecule is COC(=O)CC(=O)C[C@H](C[C@H](C/C=C/C=C\[C@H](O[Si](C)(C)C(C)(C)C)[C@H](C)C/C=C/CO)O[Si](C)(C)C(C)(C)C)O[Si](C)(C)C(C)(C)C. The van der Waals surface area contributed by atoms with Crippen molar-refractivity contribution < 1.29 is 32.7 Å². The van der Waals surface area contributed by atoms with Crippen LogP contribution < -0.4 is 0 Å². The number of carbonyl (C=O) groups excluding carboxylic acids is 2. The number of hydrogen-bond donors (Lipinski definition) is 1. The molecule has 1 N–H and O–H groups in total. The van der Waals surface area contributed by atoms with Crippen LogP contribution in [0.3, 0.4) is 0 Å². The number of aliphatic hydroxyl groups excluding tert-OH is 1. The highest BCUT2D eigenvalue weighted by molar-refractivity contribution is 6.75. The van der Waals surface area contributed by atoms with Crippen LogP contribution in [0.1, 0.15) is 101 Å². The van der Waals surface area contributed by atoms with E-state index in [4.69, 9.17) is 18.0 Å². The zero-order valence-electron chi connectivity index (χ0n) is 33.9. The fourth-order valence-corrected chi connectivity index (χ4v) is 8.36. The Labute approximate surface area is 298 Å². The molecule has 0 aliphatic carbocycles. The summed E-state index contributed by atoms with van der Waals surface area (Å²) >= 11 is 0. The number of esters is 1. The zero-order valence-corrected chi connectivity index (χ0v) is 36.9. The minimum absolute atomic E-state index is 0.0142. The molecule has 0 aromatic heterocycles. The molecule has 0 spiro atoms. The van der Waals surface area contributed by atoms with E-state index in [0.717, 1.165) is 6.42 Å². The Balaban J connectivity index is 6.37. The molecule has 0 radical (unpaired) electrons. The molecular weight excluding hydrogens is 653 g/mol. The van der Waals surface area contributed by atoms with E-state index in [1.54, 1.807) is 6.08 Å². The third-order valence-electron chi connectivity index (χ3n) is 10.6. The van der Waals surface area contributed by atoms with Gasteiger partial charge >= 0.3 is 5.97 Å². The van der Waals surface area contributed by atoms with Crippen molar-refractivity contribution >= 4 is 36.7 Å². The zero-order chi connectivity index (χ0) is 37.8. The van der Waals surface area contributed by atoms with Crippen LogP contribution in [0.2, 0.25) is 54.4 Å². The van der Waals surface area contributed by atoms with Crippen molar-refractivity contribution in [1.29, 1.82) is 0 Å². The minimum Gasteiger partial charge on any atom is -0.469 e. The molecule has 0 fully saturated rings. The summed E-state index contributed by atoms with van der Waals surface area (Å²) < 4.78 is 25.5. The molecule has 7 nitrogen and oxygen atoms in total. The molecule has 0 amide bonds. The first-order valence-electron chi connectivity index (χ1n) is 17.8. The summed E-state index contributed by atoms with van der Waals surface area (Å²) in [5, 5.41) is 9.29. The monoisotopic (exact) mass is 726 g/mol. The average molecular weight is 727 g/mol. The molecule has 48 heavy (non-hydrogen) atoms. The van der Waals surface area contributed by atoms with E-state index >= 15 is 0 Å². The smallest absolute Gasteiger partial charge is 0.313 e. The highest BCUT2D eigenvalue weighted by atomic mass is 28.4. The second kappa shape index (κ2) is 19.5. The Bertz CT molecular complexity index is 1070. The van der Waals surface area contributed by atoms with Gasteiger partial charge in [0.25, 0.3) is 0 Å². The van der Waals surface area contributed by atoms with Crippen LogP contribution in [0.25, 0.3) is 0 Å². The van der Waals surface area contributed by atoms with Crippen molar-refractivity contribution in [2.45, 2.75) is 174 Å². The van der Waals surface area contributed by atoms with E-state index in [1.807, 2.05) is 6.08 Å². The lowest BCUT2D eigenvalue weighted by molar-refractivity contribution is -0.143. The van der Waals surface area contributed by atoms with Crippen molar-refractivity contribution in [2.24, 2.45) is 5.92 Å². The summed E-state index contributed by atoms with van der Waals surface area (Å²) in [6.45, 7) is 35.7. The number of rotatable bonds is 20. The van der Waals surface area contributed by atoms with Gasteiger partial charge in [-0.05, 0) is 79.6 Å². The molecule has 0 aliphatic rings. The van der Waals surface area contributed by atoms with Crippen molar-refractivity contribution in [3.63, 3.8) is 0 Å². The predicted molar refractivity (Wildman–Crippen MR) is 210 cm³/mol. The quantitative estimate of drug-likeness (QED) is 0.0439. The van der Waals surface area contributed by atoms with E-state index in [1.165, 1.54) is 7.11 Å². The number of ketones is 1. The lowest BCUT2D eigenvalue weighted by atomic mass is 10.00. The first-order valence-corrected chi connectivity index (χ1v) is 26.5. The lowest BCUT2D eigenvalue weighted by Crippen LogP contribution is -2.47. The number of Topliss-reactive ketones (excluding diaryl/α,β-unsaturated/α-hetero) is 1. The van der Waals surface area contributed by atoms with Crippen molar-refractivity contribution in [3.8, 4) is 0 Å². The summed E-state index contributed by atoms with van der Waals surface area (Å²) in [5.41, 5.74) is 0. The number of methoxy groups -OCH3 is 1. The normalized spacial score (nSPS) is 16.9. The molecule has 0 heterocycles. The van der Waals surface area contributed by atoms with Crippen molar-refractivity contribution in [3.05, 3.63) is 36.5 Å². The molecule has 0 bridgehead atoms. The fraction of sp³-hybridized carbons (Fsp3) is 0.789. The van der Waals surface area contributed by atoms with Crippen LogP contribution in [-0.4, -0.2) is 73.8 Å². The second-order valence-corrected chi connectivity index (χ2v) is 32.3. The Morgan fingerprint density at radius 1 is 0.688 bits per heavy atom. The molecular formula is C38H74O7Si3. The Hall–Kier alpha value is -1.15. The third kappa shape index (κ3) is 16.7. The average Bonchev–Trinajstić information content (AvgIpc) is 2.89. The summed E-state index contributed by atoms with van der Waals surface area (Å²) in [5.74, 6) is -0.452. The van der Waals surface area contributed by atoms with E-state index in [-0.39, 0.29) is 64.6 Å². The van der Waals surface area contributed by atoms with Crippen LogP contribution in [0.5, 0.6) is 0 Å². The molecule has 10 heteroatoms. The van der Waals surface area contributed by atoms with E-state index in [9.17, 15) is 14.7 Å².